The fourth-order valence-electron chi connectivity index (χ4n) is 2.29. The molecule has 0 fully saturated rings. The fourth-order valence-corrected chi connectivity index (χ4v) is 3.20. The van der Waals surface area contributed by atoms with Gasteiger partial charge in [0, 0.05) is 6.21 Å². The fraction of sp³-hybridized carbons (Fsp3) is 0.167. The highest BCUT2D eigenvalue weighted by molar-refractivity contribution is 6.38. The number of benzene rings is 1. The largest absolute Gasteiger partial charge is 0.461 e. The van der Waals surface area contributed by atoms with Crippen molar-refractivity contribution in [1.82, 2.24) is 9.78 Å². The number of rotatable bonds is 5. The normalized spacial score (nSPS) is 12.3. The molecule has 0 aliphatic rings. The van der Waals surface area contributed by atoms with Crippen LogP contribution in [0.4, 0.5) is 13.2 Å². The number of carbonyl (C=O) groups excluding carboxylic acids is 1. The monoisotopic (exact) mass is 504 g/mol. The van der Waals surface area contributed by atoms with Gasteiger partial charge in [-0.15, -0.1) is 0 Å². The lowest BCUT2D eigenvalue weighted by Crippen LogP contribution is -2.09. The Balaban J connectivity index is 2.76. The van der Waals surface area contributed by atoms with Gasteiger partial charge in [0.15, 0.2) is 11.4 Å². The van der Waals surface area contributed by atoms with E-state index in [0.29, 0.717) is 12.1 Å². The summed E-state index contributed by atoms with van der Waals surface area (Å²) in [6.07, 6.45) is -3.79. The first-order valence-electron chi connectivity index (χ1n) is 8.32. The second-order valence-corrected chi connectivity index (χ2v) is 6.89. The molecule has 0 aliphatic carbocycles. The van der Waals surface area contributed by atoms with Crippen molar-refractivity contribution in [3.8, 4) is 17.8 Å². The first-order chi connectivity index (χ1) is 15.0. The van der Waals surface area contributed by atoms with Gasteiger partial charge in [0.1, 0.15) is 28.7 Å². The summed E-state index contributed by atoms with van der Waals surface area (Å²) in [6, 6.07) is 4.36. The zero-order valence-electron chi connectivity index (χ0n) is 15.8. The van der Waals surface area contributed by atoms with Gasteiger partial charge >= 0.3 is 12.1 Å². The number of ether oxygens (including phenoxy) is 1. The molecule has 0 atom stereocenters. The lowest BCUT2D eigenvalue weighted by molar-refractivity contribution is -0.137. The lowest BCUT2D eigenvalue weighted by atomic mass is 10.2. The number of esters is 1. The highest BCUT2D eigenvalue weighted by Gasteiger charge is 2.33. The first kappa shape index (κ1) is 25.0. The van der Waals surface area contributed by atoms with E-state index in [9.17, 15) is 18.0 Å². The SMILES string of the molecule is CCOC(=O)c1nn(-c2c(Cl)cc(C(F)(F)F)cc2Cl)c(Cl)c1C=NC(C#N)=C(N)C#N. The molecule has 1 aromatic heterocycles. The summed E-state index contributed by atoms with van der Waals surface area (Å²) in [5.74, 6) is -0.954. The number of hydrogen-bond donors (Lipinski definition) is 1. The van der Waals surface area contributed by atoms with Crippen molar-refractivity contribution in [1.29, 1.82) is 10.5 Å². The van der Waals surface area contributed by atoms with Crippen molar-refractivity contribution >= 4 is 47.0 Å². The van der Waals surface area contributed by atoms with Crippen molar-refractivity contribution < 1.29 is 22.7 Å². The molecular weight excluding hydrogens is 496 g/mol. The Morgan fingerprint density at radius 3 is 2.34 bits per heavy atom. The number of halogens is 6. The number of nitrogens with zero attached hydrogens (tertiary/aromatic N) is 5. The smallest absolute Gasteiger partial charge is 0.416 e. The number of aromatic nitrogens is 2. The number of aliphatic imine (C=N–C) groups is 1. The number of nitrogens with two attached hydrogens (primary N) is 1. The van der Waals surface area contributed by atoms with Gasteiger partial charge in [-0.1, -0.05) is 34.8 Å². The second-order valence-electron chi connectivity index (χ2n) is 5.72. The summed E-state index contributed by atoms with van der Waals surface area (Å²) in [5, 5.41) is 20.6. The third kappa shape index (κ3) is 5.14. The van der Waals surface area contributed by atoms with Crippen LogP contribution in [-0.4, -0.2) is 28.6 Å². The van der Waals surface area contributed by atoms with Crippen molar-refractivity contribution in [2.75, 3.05) is 6.61 Å². The van der Waals surface area contributed by atoms with E-state index in [1.807, 2.05) is 0 Å². The maximum absolute atomic E-state index is 13.0. The van der Waals surface area contributed by atoms with E-state index in [0.717, 1.165) is 10.9 Å². The van der Waals surface area contributed by atoms with Crippen molar-refractivity contribution in [3.63, 3.8) is 0 Å². The molecule has 0 bridgehead atoms. The van der Waals surface area contributed by atoms with E-state index in [-0.39, 0.29) is 23.0 Å². The minimum absolute atomic E-state index is 0.0353. The third-order valence-electron chi connectivity index (χ3n) is 3.69. The highest BCUT2D eigenvalue weighted by atomic mass is 35.5. The average molecular weight is 506 g/mol. The molecule has 2 rings (SSSR count). The molecule has 0 aliphatic heterocycles. The molecule has 0 amide bonds. The Hall–Kier alpha value is -3.25. The lowest BCUT2D eigenvalue weighted by Gasteiger charge is -2.13. The molecule has 1 heterocycles. The Kier molecular flexibility index (Phi) is 7.75. The van der Waals surface area contributed by atoms with E-state index in [4.69, 9.17) is 55.8 Å². The molecule has 1 aromatic carbocycles. The van der Waals surface area contributed by atoms with Crippen molar-refractivity contribution in [2.45, 2.75) is 13.1 Å². The van der Waals surface area contributed by atoms with Crippen LogP contribution in [0.15, 0.2) is 28.5 Å². The second kappa shape index (κ2) is 9.92. The van der Waals surface area contributed by atoms with E-state index in [2.05, 4.69) is 10.1 Å². The summed E-state index contributed by atoms with van der Waals surface area (Å²) in [6.45, 7) is 1.49. The molecule has 2 N–H and O–H groups in total. The standard InChI is InChI=1S/C18H10Cl3F3N6O2/c1-2-32-17(31)14-9(7-28-13(6-26)12(27)5-25)16(21)30(29-14)15-10(19)3-8(4-11(15)20)18(22,23)24/h3-4,7H,2,27H2,1H3. The van der Waals surface area contributed by atoms with E-state index < -0.39 is 44.8 Å². The van der Waals surface area contributed by atoms with Gasteiger partial charge in [-0.2, -0.15) is 28.8 Å². The van der Waals surface area contributed by atoms with Gasteiger partial charge in [-0.05, 0) is 19.1 Å². The molecule has 14 heteroatoms. The number of allylic oxidation sites excluding steroid dienone is 2. The molecule has 0 saturated carbocycles. The molecule has 166 valence electrons. The number of hydrogen-bond acceptors (Lipinski definition) is 7. The minimum atomic E-state index is -4.71. The van der Waals surface area contributed by atoms with Crippen molar-refractivity contribution in [2.24, 2.45) is 10.7 Å². The van der Waals surface area contributed by atoms with Gasteiger partial charge in [0.05, 0.1) is 27.8 Å². The van der Waals surface area contributed by atoms with Crippen LogP contribution in [0.25, 0.3) is 5.69 Å². The number of carbonyl (C=O) groups is 1. The average Bonchev–Trinajstić information content (AvgIpc) is 3.03. The molecule has 32 heavy (non-hydrogen) atoms. The van der Waals surface area contributed by atoms with Gasteiger partial charge in [-0.3, -0.25) is 0 Å². The Morgan fingerprint density at radius 1 is 1.28 bits per heavy atom. The first-order valence-corrected chi connectivity index (χ1v) is 9.45. The molecule has 0 unspecified atom stereocenters. The van der Waals surface area contributed by atoms with Crippen LogP contribution in [0.5, 0.6) is 0 Å². The van der Waals surface area contributed by atoms with Crippen LogP contribution in [0.3, 0.4) is 0 Å². The third-order valence-corrected chi connectivity index (χ3v) is 4.63. The van der Waals surface area contributed by atoms with Crippen LogP contribution < -0.4 is 5.73 Å². The topological polar surface area (TPSA) is 130 Å². The number of nitriles is 2. The predicted octanol–water partition coefficient (Wildman–Crippen LogP) is 4.66. The molecule has 8 nitrogen and oxygen atoms in total. The minimum Gasteiger partial charge on any atom is -0.461 e. The Labute approximate surface area is 193 Å². The summed E-state index contributed by atoms with van der Waals surface area (Å²) in [7, 11) is 0. The molecule has 0 saturated heterocycles. The molecule has 0 radical (unpaired) electrons. The maximum atomic E-state index is 13.0. The van der Waals surface area contributed by atoms with Crippen LogP contribution in [-0.2, 0) is 10.9 Å². The van der Waals surface area contributed by atoms with Crippen LogP contribution in [0.1, 0.15) is 28.5 Å². The quantitative estimate of drug-likeness (QED) is 0.357. The zero-order valence-corrected chi connectivity index (χ0v) is 18.1. The van der Waals surface area contributed by atoms with Crippen LogP contribution in [0.2, 0.25) is 15.2 Å². The van der Waals surface area contributed by atoms with Gasteiger partial charge < -0.3 is 10.5 Å². The summed E-state index contributed by atoms with van der Waals surface area (Å²) in [4.78, 5) is 16.1. The van der Waals surface area contributed by atoms with Crippen LogP contribution >= 0.6 is 34.8 Å². The van der Waals surface area contributed by atoms with Crippen molar-refractivity contribution in [3.05, 3.63) is 55.5 Å². The molecule has 0 spiro atoms. The highest BCUT2D eigenvalue weighted by Crippen LogP contribution is 2.39. The predicted molar refractivity (Wildman–Crippen MR) is 110 cm³/mol. The Bertz CT molecular complexity index is 1200. The molecular formula is C18H10Cl3F3N6O2. The maximum Gasteiger partial charge on any atom is 0.416 e. The number of alkyl halides is 3. The van der Waals surface area contributed by atoms with E-state index in [1.54, 1.807) is 6.07 Å². The summed E-state index contributed by atoms with van der Waals surface area (Å²) < 4.78 is 44.8. The summed E-state index contributed by atoms with van der Waals surface area (Å²) >= 11 is 18.3. The Morgan fingerprint density at radius 2 is 1.88 bits per heavy atom. The van der Waals surface area contributed by atoms with Crippen LogP contribution in [0, 0.1) is 22.7 Å². The van der Waals surface area contributed by atoms with Gasteiger partial charge in [0.2, 0.25) is 0 Å². The van der Waals surface area contributed by atoms with Gasteiger partial charge in [0.25, 0.3) is 0 Å². The zero-order chi connectivity index (χ0) is 24.2. The van der Waals surface area contributed by atoms with Gasteiger partial charge in [-0.25, -0.2) is 14.5 Å². The van der Waals surface area contributed by atoms with E-state index in [1.165, 1.54) is 13.0 Å². The summed E-state index contributed by atoms with van der Waals surface area (Å²) in [5.41, 5.74) is 2.45. The molecule has 2 aromatic rings. The van der Waals surface area contributed by atoms with E-state index >= 15 is 0 Å².